The number of carbonyl (C=O) groups excluding carboxylic acids is 1. The molecule has 1 amide bonds. The highest BCUT2D eigenvalue weighted by Gasteiger charge is 2.06. The van der Waals surface area contributed by atoms with Crippen LogP contribution in [0.4, 0.5) is 0 Å². The van der Waals surface area contributed by atoms with E-state index in [9.17, 15) is 4.79 Å². The molecule has 1 unspecified atom stereocenters. The van der Waals surface area contributed by atoms with E-state index >= 15 is 0 Å². The van der Waals surface area contributed by atoms with E-state index in [-0.39, 0.29) is 18.5 Å². The number of nitrogens with zero attached hydrogens (tertiary/aromatic N) is 3. The molecule has 1 rings (SSSR count). The van der Waals surface area contributed by atoms with Crippen molar-refractivity contribution in [1.82, 2.24) is 25.4 Å². The fourth-order valence-corrected chi connectivity index (χ4v) is 1.37. The summed E-state index contributed by atoms with van der Waals surface area (Å²) in [4.78, 5) is 15.5. The number of rotatable bonds is 7. The summed E-state index contributed by atoms with van der Waals surface area (Å²) in [6.07, 6.45) is 1.62. The monoisotopic (exact) mass is 241 g/mol. The van der Waals surface area contributed by atoms with Gasteiger partial charge in [0.2, 0.25) is 5.91 Å². The molecule has 0 saturated carbocycles. The van der Waals surface area contributed by atoms with Crippen LogP contribution in [0.3, 0.4) is 0 Å². The lowest BCUT2D eigenvalue weighted by atomic mass is 10.3. The van der Waals surface area contributed by atoms with Crippen LogP contribution in [0.5, 0.6) is 0 Å². The van der Waals surface area contributed by atoms with E-state index in [1.807, 2.05) is 6.92 Å². The number of methoxy groups -OCH3 is 1. The molecule has 2 N–H and O–H groups in total. The van der Waals surface area contributed by atoms with Crippen LogP contribution >= 0.6 is 0 Å². The van der Waals surface area contributed by atoms with Crippen molar-refractivity contribution in [1.29, 1.82) is 0 Å². The van der Waals surface area contributed by atoms with E-state index in [0.717, 1.165) is 0 Å². The molecule has 7 nitrogen and oxygen atoms in total. The molecule has 0 radical (unpaired) electrons. The quantitative estimate of drug-likeness (QED) is 0.643. The highest BCUT2D eigenvalue weighted by molar-refractivity contribution is 5.78. The molecule has 0 spiro atoms. The summed E-state index contributed by atoms with van der Waals surface area (Å²) in [6, 6.07) is 0.0160. The molecular formula is C10H19N5O2. The minimum absolute atomic E-state index is 0.0160. The maximum absolute atomic E-state index is 11.4. The predicted octanol–water partition coefficient (Wildman–Crippen LogP) is -0.944. The first-order valence-electron chi connectivity index (χ1n) is 5.45. The summed E-state index contributed by atoms with van der Waals surface area (Å²) in [5.41, 5.74) is 0. The van der Waals surface area contributed by atoms with Crippen LogP contribution < -0.4 is 10.6 Å². The van der Waals surface area contributed by atoms with E-state index in [4.69, 9.17) is 4.74 Å². The van der Waals surface area contributed by atoms with Gasteiger partial charge in [-0.1, -0.05) is 0 Å². The van der Waals surface area contributed by atoms with Crippen LogP contribution in [0.25, 0.3) is 0 Å². The molecule has 1 aromatic heterocycles. The van der Waals surface area contributed by atoms with Crippen LogP contribution in [0.2, 0.25) is 0 Å². The SMILES string of the molecule is COCC(C)NC(=O)CNCc1ncn(C)n1. The number of hydrogen-bond acceptors (Lipinski definition) is 5. The Morgan fingerprint density at radius 3 is 3.00 bits per heavy atom. The van der Waals surface area contributed by atoms with Crippen molar-refractivity contribution in [2.75, 3.05) is 20.3 Å². The van der Waals surface area contributed by atoms with E-state index in [1.165, 1.54) is 0 Å². The smallest absolute Gasteiger partial charge is 0.234 e. The lowest BCUT2D eigenvalue weighted by molar-refractivity contribution is -0.121. The third kappa shape index (κ3) is 5.41. The van der Waals surface area contributed by atoms with Gasteiger partial charge in [-0.25, -0.2) is 4.98 Å². The summed E-state index contributed by atoms with van der Waals surface area (Å²) in [6.45, 7) is 3.12. The molecule has 0 aliphatic heterocycles. The Hall–Kier alpha value is -1.47. The number of ether oxygens (including phenoxy) is 1. The molecule has 96 valence electrons. The largest absolute Gasteiger partial charge is 0.383 e. The fraction of sp³-hybridized carbons (Fsp3) is 0.700. The Balaban J connectivity index is 2.16. The Labute approximate surface area is 101 Å². The minimum atomic E-state index is -0.0644. The number of carbonyl (C=O) groups is 1. The lowest BCUT2D eigenvalue weighted by Crippen LogP contribution is -2.40. The van der Waals surface area contributed by atoms with Gasteiger partial charge in [-0.15, -0.1) is 0 Å². The van der Waals surface area contributed by atoms with Crippen molar-refractivity contribution < 1.29 is 9.53 Å². The van der Waals surface area contributed by atoms with Crippen molar-refractivity contribution >= 4 is 5.91 Å². The Bertz CT molecular complexity index is 352. The average molecular weight is 241 g/mol. The molecule has 0 aliphatic carbocycles. The summed E-state index contributed by atoms with van der Waals surface area (Å²) < 4.78 is 6.55. The Morgan fingerprint density at radius 1 is 1.65 bits per heavy atom. The average Bonchev–Trinajstić information content (AvgIpc) is 2.64. The van der Waals surface area contributed by atoms with Gasteiger partial charge in [0.15, 0.2) is 5.82 Å². The number of nitrogens with one attached hydrogen (secondary N) is 2. The van der Waals surface area contributed by atoms with Crippen LogP contribution in [0.1, 0.15) is 12.7 Å². The summed E-state index contributed by atoms with van der Waals surface area (Å²) in [7, 11) is 3.41. The van der Waals surface area contributed by atoms with Crippen LogP contribution in [0, 0.1) is 0 Å². The molecular weight excluding hydrogens is 222 g/mol. The van der Waals surface area contributed by atoms with Crippen molar-refractivity contribution in [3.63, 3.8) is 0 Å². The third-order valence-corrected chi connectivity index (χ3v) is 2.04. The molecule has 1 heterocycles. The zero-order chi connectivity index (χ0) is 12.7. The van der Waals surface area contributed by atoms with E-state index in [1.54, 1.807) is 25.2 Å². The van der Waals surface area contributed by atoms with E-state index in [0.29, 0.717) is 19.0 Å². The number of hydrogen-bond donors (Lipinski definition) is 2. The Morgan fingerprint density at radius 2 is 2.41 bits per heavy atom. The van der Waals surface area contributed by atoms with Crippen molar-refractivity contribution in [2.45, 2.75) is 19.5 Å². The second kappa shape index (κ2) is 6.97. The molecule has 0 aliphatic rings. The molecule has 17 heavy (non-hydrogen) atoms. The fourth-order valence-electron chi connectivity index (χ4n) is 1.37. The molecule has 1 aromatic rings. The summed E-state index contributed by atoms with van der Waals surface area (Å²) >= 11 is 0. The zero-order valence-corrected chi connectivity index (χ0v) is 10.4. The topological polar surface area (TPSA) is 81.1 Å². The summed E-state index contributed by atoms with van der Waals surface area (Å²) in [5.74, 6) is 0.607. The minimum Gasteiger partial charge on any atom is -0.383 e. The first kappa shape index (κ1) is 13.6. The Kier molecular flexibility index (Phi) is 5.58. The van der Waals surface area contributed by atoms with E-state index < -0.39 is 0 Å². The maximum Gasteiger partial charge on any atom is 0.234 e. The normalized spacial score (nSPS) is 12.4. The van der Waals surface area contributed by atoms with Gasteiger partial charge in [0.1, 0.15) is 6.33 Å². The van der Waals surface area contributed by atoms with Gasteiger partial charge in [-0.2, -0.15) is 5.10 Å². The van der Waals surface area contributed by atoms with Gasteiger partial charge in [-0.05, 0) is 6.92 Å². The van der Waals surface area contributed by atoms with Gasteiger partial charge >= 0.3 is 0 Å². The van der Waals surface area contributed by atoms with Gasteiger partial charge in [0.25, 0.3) is 0 Å². The first-order chi connectivity index (χ1) is 8.11. The number of amides is 1. The predicted molar refractivity (Wildman–Crippen MR) is 62.2 cm³/mol. The second-order valence-electron chi connectivity index (χ2n) is 3.86. The van der Waals surface area contributed by atoms with Gasteiger partial charge in [0, 0.05) is 20.2 Å². The molecule has 1 atom stereocenters. The lowest BCUT2D eigenvalue weighted by Gasteiger charge is -2.12. The first-order valence-corrected chi connectivity index (χ1v) is 5.45. The van der Waals surface area contributed by atoms with Gasteiger partial charge in [-0.3, -0.25) is 9.48 Å². The van der Waals surface area contributed by atoms with Crippen LogP contribution in [0.15, 0.2) is 6.33 Å². The van der Waals surface area contributed by atoms with E-state index in [2.05, 4.69) is 20.7 Å². The van der Waals surface area contributed by atoms with Gasteiger partial charge in [0.05, 0.1) is 19.7 Å². The number of aryl methyl sites for hydroxylation is 1. The molecule has 0 bridgehead atoms. The third-order valence-electron chi connectivity index (χ3n) is 2.04. The number of aromatic nitrogens is 3. The molecule has 0 aromatic carbocycles. The van der Waals surface area contributed by atoms with Crippen molar-refractivity contribution in [2.24, 2.45) is 7.05 Å². The van der Waals surface area contributed by atoms with Crippen LogP contribution in [-0.4, -0.2) is 47.0 Å². The standard InChI is InChI=1S/C10H19N5O2/c1-8(6-17-3)13-10(16)5-11-4-9-12-7-15(2)14-9/h7-8,11H,4-6H2,1-3H3,(H,13,16). The molecule has 0 saturated heterocycles. The summed E-state index contributed by atoms with van der Waals surface area (Å²) in [5, 5.41) is 9.86. The molecule has 0 fully saturated rings. The van der Waals surface area contributed by atoms with Crippen molar-refractivity contribution in [3.05, 3.63) is 12.2 Å². The maximum atomic E-state index is 11.4. The second-order valence-corrected chi connectivity index (χ2v) is 3.86. The highest BCUT2D eigenvalue weighted by Crippen LogP contribution is 1.86. The molecule has 7 heteroatoms. The van der Waals surface area contributed by atoms with Crippen LogP contribution in [-0.2, 0) is 23.1 Å². The zero-order valence-electron chi connectivity index (χ0n) is 10.4. The van der Waals surface area contributed by atoms with Gasteiger partial charge < -0.3 is 15.4 Å². The van der Waals surface area contributed by atoms with Crippen molar-refractivity contribution in [3.8, 4) is 0 Å². The highest BCUT2D eigenvalue weighted by atomic mass is 16.5.